The Balaban J connectivity index is 3.60. The molecule has 0 bridgehead atoms. The first kappa shape index (κ1) is 16.7. The molecule has 0 aliphatic carbocycles. The first-order valence-electron chi connectivity index (χ1n) is 6.42. The van der Waals surface area contributed by atoms with Gasteiger partial charge in [-0.15, -0.1) is 0 Å². The van der Waals surface area contributed by atoms with Gasteiger partial charge in [0.05, 0.1) is 12.7 Å². The van der Waals surface area contributed by atoms with Gasteiger partial charge in [-0.05, 0) is 49.9 Å². The van der Waals surface area contributed by atoms with Crippen LogP contribution in [-0.4, -0.2) is 24.9 Å². The molecule has 0 atom stereocenters. The first-order valence-corrected chi connectivity index (χ1v) is 6.42. The molecule has 0 aliphatic heterocycles. The van der Waals surface area contributed by atoms with E-state index in [-0.39, 0.29) is 5.84 Å². The van der Waals surface area contributed by atoms with E-state index in [0.717, 1.165) is 16.7 Å². The van der Waals surface area contributed by atoms with Gasteiger partial charge in [0.1, 0.15) is 0 Å². The Morgan fingerprint density at radius 3 is 1.95 bits per heavy atom. The van der Waals surface area contributed by atoms with E-state index >= 15 is 0 Å². The van der Waals surface area contributed by atoms with E-state index in [1.165, 1.54) is 14.0 Å². The summed E-state index contributed by atoms with van der Waals surface area (Å²) in [5.41, 5.74) is 10.2. The third kappa shape index (κ3) is 3.21. The first-order chi connectivity index (χ1) is 9.72. The molecule has 0 saturated heterocycles. The van der Waals surface area contributed by atoms with Gasteiger partial charge in [-0.1, -0.05) is 5.16 Å². The number of carbonyl (C=O) groups is 2. The van der Waals surface area contributed by atoms with Crippen LogP contribution in [-0.2, 0) is 14.4 Å². The predicted octanol–water partition coefficient (Wildman–Crippen LogP) is 1.89. The number of rotatable bonds is 3. The molecule has 0 fully saturated rings. The third-order valence-corrected chi connectivity index (χ3v) is 3.54. The smallest absolute Gasteiger partial charge is 0.338 e. The van der Waals surface area contributed by atoms with E-state index in [4.69, 9.17) is 10.5 Å². The zero-order chi connectivity index (χ0) is 16.3. The second kappa shape index (κ2) is 6.39. The fourth-order valence-corrected chi connectivity index (χ4v) is 2.30. The van der Waals surface area contributed by atoms with Crippen molar-refractivity contribution >= 4 is 17.8 Å². The average molecular weight is 292 g/mol. The number of methoxy groups -OCH3 is 1. The zero-order valence-corrected chi connectivity index (χ0v) is 13.2. The monoisotopic (exact) mass is 292 g/mol. The highest BCUT2D eigenvalue weighted by atomic mass is 16.7. The minimum Gasteiger partial charge on any atom is -0.465 e. The van der Waals surface area contributed by atoms with Gasteiger partial charge in [0.2, 0.25) is 0 Å². The van der Waals surface area contributed by atoms with Crippen LogP contribution in [0.5, 0.6) is 0 Å². The van der Waals surface area contributed by atoms with Crippen LogP contribution in [0.3, 0.4) is 0 Å². The Kier molecular flexibility index (Phi) is 5.07. The lowest BCUT2D eigenvalue weighted by atomic mass is 9.88. The van der Waals surface area contributed by atoms with Gasteiger partial charge in [0.25, 0.3) is 0 Å². The van der Waals surface area contributed by atoms with Crippen LogP contribution in [0.1, 0.15) is 45.1 Å². The second-order valence-electron chi connectivity index (χ2n) is 4.80. The van der Waals surface area contributed by atoms with Crippen molar-refractivity contribution in [3.05, 3.63) is 33.4 Å². The molecular weight excluding hydrogens is 272 g/mol. The lowest BCUT2D eigenvalue weighted by molar-refractivity contribution is -0.140. The van der Waals surface area contributed by atoms with Crippen molar-refractivity contribution < 1.29 is 19.2 Å². The van der Waals surface area contributed by atoms with Crippen molar-refractivity contribution in [2.24, 2.45) is 10.9 Å². The summed E-state index contributed by atoms with van der Waals surface area (Å²) in [5.74, 6) is -0.951. The lowest BCUT2D eigenvalue weighted by Crippen LogP contribution is -2.21. The molecule has 1 aromatic rings. The number of nitrogens with two attached hydrogens (primary N) is 1. The van der Waals surface area contributed by atoms with Crippen LogP contribution in [0.2, 0.25) is 0 Å². The fraction of sp³-hybridized carbons (Fsp3) is 0.400. The maximum Gasteiger partial charge on any atom is 0.338 e. The van der Waals surface area contributed by atoms with Crippen LogP contribution in [0.15, 0.2) is 5.16 Å². The number of esters is 1. The SMILES string of the molecule is COC(=O)c1c(C)c(C)c(C)c(C(N)=NOC(C)=O)c1C. The summed E-state index contributed by atoms with van der Waals surface area (Å²) >= 11 is 0. The highest BCUT2D eigenvalue weighted by molar-refractivity contribution is 6.04. The molecular formula is C15H20N2O4. The number of hydrogen-bond donors (Lipinski definition) is 1. The Bertz CT molecular complexity index is 633. The van der Waals surface area contributed by atoms with Crippen molar-refractivity contribution in [1.82, 2.24) is 0 Å². The molecule has 0 saturated carbocycles. The molecule has 114 valence electrons. The van der Waals surface area contributed by atoms with Gasteiger partial charge in [-0.25, -0.2) is 9.59 Å². The van der Waals surface area contributed by atoms with Crippen molar-refractivity contribution in [2.75, 3.05) is 7.11 Å². The number of benzene rings is 1. The van der Waals surface area contributed by atoms with Crippen LogP contribution in [0.25, 0.3) is 0 Å². The number of ether oxygens (including phenoxy) is 1. The molecule has 0 radical (unpaired) electrons. The topological polar surface area (TPSA) is 91.0 Å². The molecule has 2 N–H and O–H groups in total. The minimum atomic E-state index is -0.565. The maximum atomic E-state index is 12.0. The van der Waals surface area contributed by atoms with Gasteiger partial charge in [0.15, 0.2) is 5.84 Å². The third-order valence-electron chi connectivity index (χ3n) is 3.54. The summed E-state index contributed by atoms with van der Waals surface area (Å²) in [6, 6.07) is 0. The number of amidine groups is 1. The summed E-state index contributed by atoms with van der Waals surface area (Å²) in [4.78, 5) is 27.4. The number of hydrogen-bond acceptors (Lipinski definition) is 5. The molecule has 0 aromatic heterocycles. The van der Waals surface area contributed by atoms with E-state index in [1.807, 2.05) is 20.8 Å². The summed E-state index contributed by atoms with van der Waals surface area (Å²) < 4.78 is 4.82. The standard InChI is InChI=1S/C15H20N2O4/c1-7-8(2)12(14(16)17-21-11(5)18)10(4)13(9(7)3)15(19)20-6/h1-6H3,(H2,16,17). The molecule has 6 heteroatoms. The Morgan fingerprint density at radius 2 is 1.48 bits per heavy atom. The maximum absolute atomic E-state index is 12.0. The quantitative estimate of drug-likeness (QED) is 0.302. The number of oxime groups is 1. The van der Waals surface area contributed by atoms with E-state index < -0.39 is 11.9 Å². The Hall–Kier alpha value is -2.37. The normalized spacial score (nSPS) is 11.2. The lowest BCUT2D eigenvalue weighted by Gasteiger charge is -2.18. The molecule has 6 nitrogen and oxygen atoms in total. The molecule has 0 unspecified atom stereocenters. The molecule has 0 aliphatic rings. The molecule has 0 heterocycles. The van der Waals surface area contributed by atoms with E-state index in [2.05, 4.69) is 9.99 Å². The summed E-state index contributed by atoms with van der Waals surface area (Å²) in [5, 5.41) is 3.61. The second-order valence-corrected chi connectivity index (χ2v) is 4.80. The molecule has 0 spiro atoms. The summed E-state index contributed by atoms with van der Waals surface area (Å²) in [6.07, 6.45) is 0. The van der Waals surface area contributed by atoms with Gasteiger partial charge < -0.3 is 15.3 Å². The highest BCUT2D eigenvalue weighted by Gasteiger charge is 2.22. The van der Waals surface area contributed by atoms with Gasteiger partial charge in [0, 0.05) is 12.5 Å². The number of carbonyl (C=O) groups excluding carboxylic acids is 2. The van der Waals surface area contributed by atoms with Crippen LogP contribution in [0, 0.1) is 27.7 Å². The zero-order valence-electron chi connectivity index (χ0n) is 13.2. The van der Waals surface area contributed by atoms with Crippen molar-refractivity contribution in [2.45, 2.75) is 34.6 Å². The van der Waals surface area contributed by atoms with Gasteiger partial charge >= 0.3 is 11.9 Å². The van der Waals surface area contributed by atoms with E-state index in [9.17, 15) is 9.59 Å². The average Bonchev–Trinajstić information content (AvgIpc) is 2.42. The van der Waals surface area contributed by atoms with Crippen LogP contribution in [0.4, 0.5) is 0 Å². The van der Waals surface area contributed by atoms with Crippen molar-refractivity contribution in [3.8, 4) is 0 Å². The molecule has 1 rings (SSSR count). The minimum absolute atomic E-state index is 0.0495. The van der Waals surface area contributed by atoms with Crippen molar-refractivity contribution in [1.29, 1.82) is 0 Å². The molecule has 21 heavy (non-hydrogen) atoms. The summed E-state index contributed by atoms with van der Waals surface area (Å²) in [6.45, 7) is 8.61. The van der Waals surface area contributed by atoms with Gasteiger partial charge in [-0.2, -0.15) is 0 Å². The highest BCUT2D eigenvalue weighted by Crippen LogP contribution is 2.27. The Labute approximate surface area is 123 Å². The summed E-state index contributed by atoms with van der Waals surface area (Å²) in [7, 11) is 1.33. The van der Waals surface area contributed by atoms with E-state index in [1.54, 1.807) is 6.92 Å². The molecule has 0 amide bonds. The van der Waals surface area contributed by atoms with E-state index in [0.29, 0.717) is 16.7 Å². The van der Waals surface area contributed by atoms with Crippen LogP contribution >= 0.6 is 0 Å². The molecule has 1 aromatic carbocycles. The van der Waals surface area contributed by atoms with Crippen molar-refractivity contribution in [3.63, 3.8) is 0 Å². The Morgan fingerprint density at radius 1 is 0.952 bits per heavy atom. The fourth-order valence-electron chi connectivity index (χ4n) is 2.30. The number of nitrogens with zero attached hydrogens (tertiary/aromatic N) is 1. The van der Waals surface area contributed by atoms with Crippen LogP contribution < -0.4 is 5.73 Å². The largest absolute Gasteiger partial charge is 0.465 e. The van der Waals surface area contributed by atoms with Gasteiger partial charge in [-0.3, -0.25) is 0 Å². The predicted molar refractivity (Wildman–Crippen MR) is 79.2 cm³/mol.